The summed E-state index contributed by atoms with van der Waals surface area (Å²) in [6.45, 7) is 4.06. The summed E-state index contributed by atoms with van der Waals surface area (Å²) in [6.07, 6.45) is 7.47. The van der Waals surface area contributed by atoms with Gasteiger partial charge in [-0.2, -0.15) is 5.10 Å². The van der Waals surface area contributed by atoms with Gasteiger partial charge in [-0.25, -0.2) is 4.68 Å². The van der Waals surface area contributed by atoms with E-state index in [0.717, 1.165) is 31.6 Å². The van der Waals surface area contributed by atoms with Gasteiger partial charge in [0.2, 0.25) is 5.91 Å². The summed E-state index contributed by atoms with van der Waals surface area (Å²) >= 11 is 0. The number of nitro benzene ring substituents is 1. The van der Waals surface area contributed by atoms with Crippen molar-refractivity contribution in [1.29, 1.82) is 0 Å². The monoisotopic (exact) mass is 490 g/mol. The smallest absolute Gasteiger partial charge is 0.269 e. The number of hydrogen-bond acceptors (Lipinski definition) is 6. The lowest BCUT2D eigenvalue weighted by Gasteiger charge is -2.20. The van der Waals surface area contributed by atoms with Crippen LogP contribution in [-0.2, 0) is 4.79 Å². The third kappa shape index (κ3) is 6.07. The van der Waals surface area contributed by atoms with Gasteiger partial charge in [-0.3, -0.25) is 19.7 Å². The van der Waals surface area contributed by atoms with E-state index in [1.54, 1.807) is 12.1 Å². The molecule has 0 spiro atoms. The molecule has 0 aliphatic carbocycles. The van der Waals surface area contributed by atoms with Gasteiger partial charge < -0.3 is 15.5 Å². The number of aromatic nitrogens is 2. The minimum atomic E-state index is -0.699. The molecule has 1 aliphatic heterocycles. The molecule has 1 unspecified atom stereocenters. The maximum absolute atomic E-state index is 13.1. The number of rotatable bonds is 10. The molecular weight excluding hydrogens is 460 g/mol. The Hall–Kier alpha value is -4.21. The Morgan fingerprint density at radius 3 is 2.56 bits per heavy atom. The third-order valence-corrected chi connectivity index (χ3v) is 6.22. The van der Waals surface area contributed by atoms with Gasteiger partial charge >= 0.3 is 0 Å². The number of benzene rings is 2. The highest BCUT2D eigenvalue weighted by Crippen LogP contribution is 2.23. The number of carbonyl (C=O) groups is 2. The van der Waals surface area contributed by atoms with E-state index in [4.69, 9.17) is 0 Å². The topological polar surface area (TPSA) is 122 Å². The molecule has 2 aromatic carbocycles. The molecule has 1 aromatic heterocycles. The van der Waals surface area contributed by atoms with Gasteiger partial charge in [0.15, 0.2) is 0 Å². The van der Waals surface area contributed by atoms with Gasteiger partial charge in [-0.15, -0.1) is 0 Å². The van der Waals surface area contributed by atoms with Crippen LogP contribution in [0.1, 0.15) is 49.4 Å². The molecule has 1 atom stereocenters. The van der Waals surface area contributed by atoms with E-state index in [1.165, 1.54) is 42.0 Å². The number of nitrogens with one attached hydrogen (secondary N) is 2. The van der Waals surface area contributed by atoms with E-state index in [0.29, 0.717) is 23.4 Å². The number of amides is 2. The Kier molecular flexibility index (Phi) is 7.94. The predicted molar refractivity (Wildman–Crippen MR) is 138 cm³/mol. The molecule has 1 aliphatic rings. The van der Waals surface area contributed by atoms with Crippen LogP contribution in [0, 0.1) is 10.1 Å². The molecule has 0 radical (unpaired) electrons. The Bertz CT molecular complexity index is 1220. The van der Waals surface area contributed by atoms with Crippen LogP contribution >= 0.6 is 0 Å². The summed E-state index contributed by atoms with van der Waals surface area (Å²) in [5.41, 5.74) is 2.63. The first-order chi connectivity index (χ1) is 17.4. The van der Waals surface area contributed by atoms with Gasteiger partial charge in [0.05, 0.1) is 22.4 Å². The molecule has 10 heteroatoms. The van der Waals surface area contributed by atoms with Crippen molar-refractivity contribution >= 4 is 28.9 Å². The van der Waals surface area contributed by atoms with Crippen LogP contribution in [0.25, 0.3) is 5.69 Å². The van der Waals surface area contributed by atoms with Crippen LogP contribution in [0.5, 0.6) is 0 Å². The highest BCUT2D eigenvalue weighted by Gasteiger charge is 2.22. The zero-order valence-corrected chi connectivity index (χ0v) is 20.2. The van der Waals surface area contributed by atoms with E-state index in [-0.39, 0.29) is 11.6 Å². The molecular formula is C26H30N6O4. The normalized spacial score (nSPS) is 13.9. The minimum absolute atomic E-state index is 0.0281. The fraction of sp³-hybridized carbons (Fsp3) is 0.346. The van der Waals surface area contributed by atoms with Gasteiger partial charge in [-0.05, 0) is 49.6 Å². The fourth-order valence-corrected chi connectivity index (χ4v) is 4.21. The molecule has 3 aromatic rings. The van der Waals surface area contributed by atoms with Crippen molar-refractivity contribution in [2.75, 3.05) is 23.3 Å². The van der Waals surface area contributed by atoms with Crippen LogP contribution < -0.4 is 15.5 Å². The maximum Gasteiger partial charge on any atom is 0.269 e. The number of carbonyl (C=O) groups excluding carboxylic acids is 2. The second-order valence-electron chi connectivity index (χ2n) is 8.85. The standard InChI is InChI=1S/C26H30N6O4/c1-2-3-9-24(26(34)28-20-7-6-8-23(16-20)30-14-4-5-15-30)29-25(33)19-17-27-31(18-19)21-10-12-22(13-11-21)32(35)36/h6-8,10-13,16-18,24H,2-5,9,14-15H2,1H3,(H,28,34)(H,29,33). The molecule has 10 nitrogen and oxygen atoms in total. The SMILES string of the molecule is CCCCC(NC(=O)c1cnn(-c2ccc([N+](=O)[O-])cc2)c1)C(=O)Nc1cccc(N2CCCC2)c1. The molecule has 2 amide bonds. The second kappa shape index (κ2) is 11.5. The molecule has 188 valence electrons. The van der Waals surface area contributed by atoms with Gasteiger partial charge in [0.1, 0.15) is 6.04 Å². The second-order valence-corrected chi connectivity index (χ2v) is 8.85. The quantitative estimate of drug-likeness (QED) is 0.323. The summed E-state index contributed by atoms with van der Waals surface area (Å²) in [5, 5.41) is 20.9. The fourth-order valence-electron chi connectivity index (χ4n) is 4.21. The number of anilines is 2. The van der Waals surface area contributed by atoms with Crippen molar-refractivity contribution in [1.82, 2.24) is 15.1 Å². The highest BCUT2D eigenvalue weighted by atomic mass is 16.6. The molecule has 1 fully saturated rings. The van der Waals surface area contributed by atoms with Gasteiger partial charge in [-0.1, -0.05) is 25.8 Å². The zero-order valence-electron chi connectivity index (χ0n) is 20.2. The van der Waals surface area contributed by atoms with Crippen LogP contribution in [0.4, 0.5) is 17.1 Å². The average Bonchev–Trinajstić information content (AvgIpc) is 3.60. The Labute approximate surface area is 209 Å². The van der Waals surface area contributed by atoms with E-state index >= 15 is 0 Å². The minimum Gasteiger partial charge on any atom is -0.371 e. The summed E-state index contributed by atoms with van der Waals surface area (Å²) in [7, 11) is 0. The van der Waals surface area contributed by atoms with Gasteiger partial charge in [0.25, 0.3) is 11.6 Å². The van der Waals surface area contributed by atoms with Crippen molar-refractivity contribution < 1.29 is 14.5 Å². The predicted octanol–water partition coefficient (Wildman–Crippen LogP) is 4.31. The Balaban J connectivity index is 1.43. The summed E-state index contributed by atoms with van der Waals surface area (Å²) < 4.78 is 1.46. The first kappa shape index (κ1) is 24.9. The highest BCUT2D eigenvalue weighted by molar-refractivity contribution is 6.01. The summed E-state index contributed by atoms with van der Waals surface area (Å²) in [6, 6.07) is 13.0. The lowest BCUT2D eigenvalue weighted by atomic mass is 10.1. The Morgan fingerprint density at radius 2 is 1.86 bits per heavy atom. The maximum atomic E-state index is 13.1. The van der Waals surface area contributed by atoms with E-state index in [1.807, 2.05) is 31.2 Å². The zero-order chi connectivity index (χ0) is 25.5. The molecule has 0 saturated carbocycles. The molecule has 36 heavy (non-hydrogen) atoms. The van der Waals surface area contributed by atoms with Crippen LogP contribution in [0.3, 0.4) is 0 Å². The van der Waals surface area contributed by atoms with Crippen LogP contribution in [-0.4, -0.2) is 45.6 Å². The third-order valence-electron chi connectivity index (χ3n) is 6.22. The van der Waals surface area contributed by atoms with Crippen LogP contribution in [0.2, 0.25) is 0 Å². The number of hydrogen-bond donors (Lipinski definition) is 2. The van der Waals surface area contributed by atoms with E-state index in [9.17, 15) is 19.7 Å². The largest absolute Gasteiger partial charge is 0.371 e. The Morgan fingerprint density at radius 1 is 1.11 bits per heavy atom. The van der Waals surface area contributed by atoms with Crippen molar-refractivity contribution in [3.05, 3.63) is 76.6 Å². The summed E-state index contributed by atoms with van der Waals surface area (Å²) in [4.78, 5) is 38.8. The van der Waals surface area contributed by atoms with E-state index < -0.39 is 16.9 Å². The van der Waals surface area contributed by atoms with E-state index in [2.05, 4.69) is 20.6 Å². The molecule has 4 rings (SSSR count). The summed E-state index contributed by atoms with van der Waals surface area (Å²) in [5.74, 6) is -0.677. The number of unbranched alkanes of at least 4 members (excludes halogenated alkanes) is 1. The number of nitro groups is 1. The van der Waals surface area contributed by atoms with Crippen molar-refractivity contribution in [2.45, 2.75) is 45.1 Å². The lowest BCUT2D eigenvalue weighted by molar-refractivity contribution is -0.384. The molecule has 2 N–H and O–H groups in total. The number of non-ortho nitro benzene ring substituents is 1. The average molecular weight is 491 g/mol. The lowest BCUT2D eigenvalue weighted by Crippen LogP contribution is -2.43. The molecule has 2 heterocycles. The first-order valence-electron chi connectivity index (χ1n) is 12.2. The van der Waals surface area contributed by atoms with Crippen LogP contribution in [0.15, 0.2) is 60.9 Å². The molecule has 1 saturated heterocycles. The molecule has 0 bridgehead atoms. The van der Waals surface area contributed by atoms with Crippen molar-refractivity contribution in [3.8, 4) is 5.69 Å². The van der Waals surface area contributed by atoms with Gasteiger partial charge in [0, 0.05) is 42.8 Å². The first-order valence-corrected chi connectivity index (χ1v) is 12.2. The van der Waals surface area contributed by atoms with Crippen molar-refractivity contribution in [2.24, 2.45) is 0 Å². The van der Waals surface area contributed by atoms with Crippen molar-refractivity contribution in [3.63, 3.8) is 0 Å². The number of nitrogens with zero attached hydrogens (tertiary/aromatic N) is 4.